The Morgan fingerprint density at radius 1 is 1.21 bits per heavy atom. The number of carbonyl (C=O) groups is 2. The minimum atomic E-state index is -0.558. The average molecular weight is 497 g/mol. The van der Waals surface area contributed by atoms with Crippen molar-refractivity contribution in [3.05, 3.63) is 44.8 Å². The van der Waals surface area contributed by atoms with Crippen LogP contribution in [0.25, 0.3) is 5.69 Å². The Kier molecular flexibility index (Phi) is 5.97. The van der Waals surface area contributed by atoms with E-state index in [2.05, 4.69) is 27.7 Å². The van der Waals surface area contributed by atoms with Crippen LogP contribution in [0.15, 0.2) is 24.3 Å². The molecule has 8 heteroatoms. The van der Waals surface area contributed by atoms with Gasteiger partial charge in [0.1, 0.15) is 5.60 Å². The van der Waals surface area contributed by atoms with Gasteiger partial charge in [-0.2, -0.15) is 5.10 Å². The van der Waals surface area contributed by atoms with Gasteiger partial charge in [-0.3, -0.25) is 4.79 Å². The Morgan fingerprint density at radius 2 is 1.89 bits per heavy atom. The highest BCUT2D eigenvalue weighted by Crippen LogP contribution is 2.27. The molecule has 0 fully saturated rings. The number of carbonyl (C=O) groups excluding carboxylic acids is 2. The monoisotopic (exact) mass is 497 g/mol. The molecular formula is C20H24IN3O4. The highest BCUT2D eigenvalue weighted by Gasteiger charge is 2.31. The van der Waals surface area contributed by atoms with E-state index in [0.717, 1.165) is 20.5 Å². The van der Waals surface area contributed by atoms with Gasteiger partial charge < -0.3 is 14.4 Å². The number of fused-ring (bicyclic) bond motifs is 1. The van der Waals surface area contributed by atoms with E-state index in [1.165, 1.54) is 7.11 Å². The smallest absolute Gasteiger partial charge is 0.410 e. The first kappa shape index (κ1) is 20.6. The topological polar surface area (TPSA) is 73.7 Å². The minimum Gasteiger partial charge on any atom is -0.469 e. The zero-order valence-corrected chi connectivity index (χ0v) is 18.6. The highest BCUT2D eigenvalue weighted by atomic mass is 127. The van der Waals surface area contributed by atoms with Gasteiger partial charge >= 0.3 is 12.1 Å². The third-order valence-corrected chi connectivity index (χ3v) is 5.12. The number of hydrogen-bond donors (Lipinski definition) is 0. The number of methoxy groups -OCH3 is 1. The van der Waals surface area contributed by atoms with Crippen LogP contribution in [-0.4, -0.2) is 46.0 Å². The van der Waals surface area contributed by atoms with Gasteiger partial charge in [0.15, 0.2) is 0 Å². The van der Waals surface area contributed by atoms with Gasteiger partial charge in [-0.1, -0.05) is 0 Å². The summed E-state index contributed by atoms with van der Waals surface area (Å²) < 4.78 is 13.3. The third-order valence-electron chi connectivity index (χ3n) is 4.40. The lowest BCUT2D eigenvalue weighted by atomic mass is 10.0. The van der Waals surface area contributed by atoms with Crippen molar-refractivity contribution in [1.82, 2.24) is 14.7 Å². The third kappa shape index (κ3) is 4.65. The number of halogens is 1. The van der Waals surface area contributed by atoms with Gasteiger partial charge in [0.2, 0.25) is 0 Å². The Morgan fingerprint density at radius 3 is 2.50 bits per heavy atom. The van der Waals surface area contributed by atoms with Gasteiger partial charge in [0, 0.05) is 22.1 Å². The molecule has 0 unspecified atom stereocenters. The predicted octanol–water partition coefficient (Wildman–Crippen LogP) is 3.49. The zero-order valence-electron chi connectivity index (χ0n) is 16.5. The van der Waals surface area contributed by atoms with Crippen molar-refractivity contribution < 1.29 is 19.1 Å². The molecule has 0 saturated carbocycles. The van der Waals surface area contributed by atoms with Crippen molar-refractivity contribution in [3.8, 4) is 5.69 Å². The molecule has 150 valence electrons. The van der Waals surface area contributed by atoms with Crippen LogP contribution in [0.2, 0.25) is 0 Å². The maximum atomic E-state index is 12.5. The van der Waals surface area contributed by atoms with Crippen LogP contribution >= 0.6 is 22.6 Å². The van der Waals surface area contributed by atoms with E-state index in [4.69, 9.17) is 9.47 Å². The van der Waals surface area contributed by atoms with Crippen molar-refractivity contribution >= 4 is 34.7 Å². The van der Waals surface area contributed by atoms with Gasteiger partial charge in [0.05, 0.1) is 37.2 Å². The molecule has 0 bridgehead atoms. The standard InChI is InChI=1S/C20H24IN3O4/c1-20(2,3)28-19(26)23-10-9-17-15(12-23)16(11-18(25)27-4)22-24(17)14-7-5-13(21)6-8-14/h5-8H,9-12H2,1-4H3. The van der Waals surface area contributed by atoms with Crippen molar-refractivity contribution in [2.45, 2.75) is 45.8 Å². The van der Waals surface area contributed by atoms with Gasteiger partial charge in [-0.05, 0) is 67.6 Å². The fourth-order valence-corrected chi connectivity index (χ4v) is 3.47. The lowest BCUT2D eigenvalue weighted by Gasteiger charge is -2.30. The molecule has 3 rings (SSSR count). The fourth-order valence-electron chi connectivity index (χ4n) is 3.12. The summed E-state index contributed by atoms with van der Waals surface area (Å²) in [6.07, 6.45) is 0.344. The Bertz CT molecular complexity index is 884. The van der Waals surface area contributed by atoms with E-state index < -0.39 is 5.60 Å². The first-order chi connectivity index (χ1) is 13.2. The van der Waals surface area contributed by atoms with E-state index in [1.54, 1.807) is 4.90 Å². The first-order valence-corrected chi connectivity index (χ1v) is 10.2. The number of ether oxygens (including phenoxy) is 2. The van der Waals surface area contributed by atoms with Crippen LogP contribution in [0.4, 0.5) is 4.79 Å². The Labute approximate surface area is 178 Å². The zero-order chi connectivity index (χ0) is 20.5. The summed E-state index contributed by atoms with van der Waals surface area (Å²) >= 11 is 2.26. The summed E-state index contributed by atoms with van der Waals surface area (Å²) in [5.41, 5.74) is 2.91. The number of benzene rings is 1. The van der Waals surface area contributed by atoms with E-state index >= 15 is 0 Å². The molecule has 0 aliphatic carbocycles. The van der Waals surface area contributed by atoms with Crippen molar-refractivity contribution in [1.29, 1.82) is 0 Å². The van der Waals surface area contributed by atoms with Crippen molar-refractivity contribution in [2.75, 3.05) is 13.7 Å². The molecule has 1 aliphatic heterocycles. The maximum absolute atomic E-state index is 12.5. The van der Waals surface area contributed by atoms with Crippen LogP contribution in [0.3, 0.4) is 0 Å². The van der Waals surface area contributed by atoms with E-state index in [-0.39, 0.29) is 18.5 Å². The first-order valence-electron chi connectivity index (χ1n) is 9.08. The molecule has 0 atom stereocenters. The van der Waals surface area contributed by atoms with Crippen LogP contribution < -0.4 is 0 Å². The van der Waals surface area contributed by atoms with Gasteiger partial charge in [-0.25, -0.2) is 9.48 Å². The molecule has 1 aromatic heterocycles. The van der Waals surface area contributed by atoms with Crippen molar-refractivity contribution in [3.63, 3.8) is 0 Å². The molecule has 0 N–H and O–H groups in total. The Balaban J connectivity index is 1.95. The van der Waals surface area contributed by atoms with Crippen LogP contribution in [0.1, 0.15) is 37.7 Å². The van der Waals surface area contributed by atoms with E-state index in [1.807, 2.05) is 49.7 Å². The molecule has 2 aromatic rings. The van der Waals surface area contributed by atoms with Gasteiger partial charge in [0.25, 0.3) is 0 Å². The quantitative estimate of drug-likeness (QED) is 0.480. The van der Waals surface area contributed by atoms with Crippen LogP contribution in [0, 0.1) is 3.57 Å². The molecule has 2 heterocycles. The molecule has 0 radical (unpaired) electrons. The summed E-state index contributed by atoms with van der Waals surface area (Å²) in [6.45, 7) is 6.43. The number of hydrogen-bond acceptors (Lipinski definition) is 5. The molecule has 0 spiro atoms. The fraction of sp³-hybridized carbons (Fsp3) is 0.450. The van der Waals surface area contributed by atoms with E-state index in [0.29, 0.717) is 25.2 Å². The molecule has 7 nitrogen and oxygen atoms in total. The number of rotatable bonds is 3. The molecule has 1 amide bonds. The van der Waals surface area contributed by atoms with E-state index in [9.17, 15) is 9.59 Å². The summed E-state index contributed by atoms with van der Waals surface area (Å²) in [6, 6.07) is 8.02. The summed E-state index contributed by atoms with van der Waals surface area (Å²) in [5.74, 6) is -0.357. The molecule has 0 saturated heterocycles. The maximum Gasteiger partial charge on any atom is 0.410 e. The van der Waals surface area contributed by atoms with Crippen molar-refractivity contribution in [2.24, 2.45) is 0 Å². The largest absolute Gasteiger partial charge is 0.469 e. The number of esters is 1. The molecule has 1 aromatic carbocycles. The molecule has 1 aliphatic rings. The van der Waals surface area contributed by atoms with Gasteiger partial charge in [-0.15, -0.1) is 0 Å². The Hall–Kier alpha value is -2.10. The summed E-state index contributed by atoms with van der Waals surface area (Å²) in [7, 11) is 1.36. The summed E-state index contributed by atoms with van der Waals surface area (Å²) in [5, 5.41) is 4.68. The second-order valence-electron chi connectivity index (χ2n) is 7.66. The molecule has 28 heavy (non-hydrogen) atoms. The second-order valence-corrected chi connectivity index (χ2v) is 8.91. The average Bonchev–Trinajstić information content (AvgIpc) is 2.98. The SMILES string of the molecule is COC(=O)Cc1nn(-c2ccc(I)cc2)c2c1CN(C(=O)OC(C)(C)C)CC2. The molecular weight excluding hydrogens is 473 g/mol. The second kappa shape index (κ2) is 8.10. The van der Waals surface area contributed by atoms with Crippen LogP contribution in [-0.2, 0) is 33.7 Å². The minimum absolute atomic E-state index is 0.0678. The van der Waals surface area contributed by atoms with Crippen LogP contribution in [0.5, 0.6) is 0 Å². The number of nitrogens with zero attached hydrogens (tertiary/aromatic N) is 3. The number of aromatic nitrogens is 2. The highest BCUT2D eigenvalue weighted by molar-refractivity contribution is 14.1. The lowest BCUT2D eigenvalue weighted by Crippen LogP contribution is -2.40. The normalized spacial score (nSPS) is 13.8. The predicted molar refractivity (Wildman–Crippen MR) is 112 cm³/mol. The summed E-state index contributed by atoms with van der Waals surface area (Å²) in [4.78, 5) is 26.1. The number of amides is 1. The lowest BCUT2D eigenvalue weighted by molar-refractivity contribution is -0.139.